The molecule has 2 aromatic rings. The van der Waals surface area contributed by atoms with Crippen molar-refractivity contribution in [1.29, 1.82) is 5.26 Å². The second-order valence-corrected chi connectivity index (χ2v) is 8.87. The zero-order valence-electron chi connectivity index (χ0n) is 16.6. The first kappa shape index (κ1) is 20.8. The number of rotatable bonds is 6. The minimum atomic E-state index is -3.82. The first-order valence-electron chi connectivity index (χ1n) is 9.35. The minimum Gasteiger partial charge on any atom is -0.362 e. The summed E-state index contributed by atoms with van der Waals surface area (Å²) in [5.74, 6) is -0.140. The largest absolute Gasteiger partial charge is 0.362 e. The van der Waals surface area contributed by atoms with E-state index in [4.69, 9.17) is 10.4 Å². The molecule has 0 unspecified atom stereocenters. The van der Waals surface area contributed by atoms with Crippen LogP contribution in [0.2, 0.25) is 0 Å². The molecule has 0 aromatic heterocycles. The maximum Gasteiger partial charge on any atom is 0.246 e. The number of carbonyl (C=O) groups excluding carboxylic acids is 1. The van der Waals surface area contributed by atoms with Crippen LogP contribution in [-0.2, 0) is 21.2 Å². The zero-order chi connectivity index (χ0) is 21.2. The van der Waals surface area contributed by atoms with Gasteiger partial charge in [0.15, 0.2) is 0 Å². The van der Waals surface area contributed by atoms with Crippen LogP contribution in [0.25, 0.3) is 0 Å². The summed E-state index contributed by atoms with van der Waals surface area (Å²) in [5.41, 5.74) is 4.55. The van der Waals surface area contributed by atoms with E-state index in [1.807, 2.05) is 36.9 Å². The minimum absolute atomic E-state index is 0.0336. The predicted octanol–water partition coefficient (Wildman–Crippen LogP) is 2.26. The van der Waals surface area contributed by atoms with Crippen LogP contribution in [0.5, 0.6) is 0 Å². The summed E-state index contributed by atoms with van der Waals surface area (Å²) in [4.78, 5) is 16.7. The fourth-order valence-electron chi connectivity index (χ4n) is 3.68. The Balaban J connectivity index is 1.87. The highest BCUT2D eigenvalue weighted by atomic mass is 32.2. The summed E-state index contributed by atoms with van der Waals surface area (Å²) in [6.07, 6.45) is 0.958. The fourth-order valence-corrected chi connectivity index (χ4v) is 4.21. The number of hydrogen-bond donors (Lipinski definition) is 1. The molecule has 1 amide bonds. The Kier molecular flexibility index (Phi) is 5.91. The number of nitrogens with two attached hydrogens (primary N) is 1. The third-order valence-electron chi connectivity index (χ3n) is 4.97. The molecule has 0 saturated heterocycles. The summed E-state index contributed by atoms with van der Waals surface area (Å²) in [6.45, 7) is 4.95. The van der Waals surface area contributed by atoms with Gasteiger partial charge in [0.05, 0.1) is 23.9 Å². The number of hydrogen-bond acceptors (Lipinski definition) is 5. The molecule has 152 valence electrons. The lowest BCUT2D eigenvalue weighted by Crippen LogP contribution is -2.40. The van der Waals surface area contributed by atoms with Gasteiger partial charge in [0.2, 0.25) is 15.9 Å². The number of aryl methyl sites for hydroxylation is 2. The Morgan fingerprint density at radius 3 is 2.52 bits per heavy atom. The summed E-state index contributed by atoms with van der Waals surface area (Å²) in [7, 11) is -3.82. The van der Waals surface area contributed by atoms with E-state index in [0.717, 1.165) is 28.8 Å². The van der Waals surface area contributed by atoms with Crippen molar-refractivity contribution in [3.8, 4) is 6.07 Å². The van der Waals surface area contributed by atoms with Crippen molar-refractivity contribution in [2.45, 2.75) is 31.6 Å². The average Bonchev–Trinajstić information content (AvgIpc) is 3.03. The molecule has 1 aliphatic heterocycles. The van der Waals surface area contributed by atoms with E-state index in [1.54, 1.807) is 11.0 Å². The number of carbonyl (C=O) groups is 1. The monoisotopic (exact) mass is 412 g/mol. The smallest absolute Gasteiger partial charge is 0.246 e. The molecule has 8 heteroatoms. The predicted molar refractivity (Wildman–Crippen MR) is 112 cm³/mol. The summed E-state index contributed by atoms with van der Waals surface area (Å²) < 4.78 is 23.4. The van der Waals surface area contributed by atoms with Crippen molar-refractivity contribution in [3.63, 3.8) is 0 Å². The molecule has 7 nitrogen and oxygen atoms in total. The first-order valence-corrected chi connectivity index (χ1v) is 10.9. The van der Waals surface area contributed by atoms with E-state index in [-0.39, 0.29) is 23.8 Å². The average molecular weight is 413 g/mol. The molecule has 0 aliphatic carbocycles. The topological polar surface area (TPSA) is 108 Å². The van der Waals surface area contributed by atoms with Gasteiger partial charge in [-0.1, -0.05) is 12.1 Å². The first-order chi connectivity index (χ1) is 13.7. The van der Waals surface area contributed by atoms with Crippen LogP contribution < -0.4 is 14.9 Å². The Bertz CT molecular complexity index is 1070. The molecule has 0 radical (unpaired) electrons. The fraction of sp³-hybridized carbons (Fsp3) is 0.333. The van der Waals surface area contributed by atoms with Crippen molar-refractivity contribution in [3.05, 3.63) is 53.1 Å². The van der Waals surface area contributed by atoms with E-state index in [2.05, 4.69) is 6.07 Å². The van der Waals surface area contributed by atoms with Gasteiger partial charge in [0.1, 0.15) is 0 Å². The standard InChI is InChI=1S/C21H24N4O3S/c1-15-10-16(2)12-18(11-15)25(8-3-7-22)21(26)14-24-9-6-17-4-5-19(13-20(17)24)29(23,27)28/h4-5,10-13H,3,6,8-9,14H2,1-2H3,(H2,23,27,28). The van der Waals surface area contributed by atoms with Gasteiger partial charge >= 0.3 is 0 Å². The highest BCUT2D eigenvalue weighted by molar-refractivity contribution is 7.89. The summed E-state index contributed by atoms with van der Waals surface area (Å²) >= 11 is 0. The Morgan fingerprint density at radius 2 is 1.90 bits per heavy atom. The lowest BCUT2D eigenvalue weighted by molar-refractivity contribution is -0.117. The van der Waals surface area contributed by atoms with E-state index in [1.165, 1.54) is 12.1 Å². The molecule has 0 atom stereocenters. The van der Waals surface area contributed by atoms with Crippen LogP contribution in [0.1, 0.15) is 23.1 Å². The Hall–Kier alpha value is -2.89. The highest BCUT2D eigenvalue weighted by Crippen LogP contribution is 2.30. The number of primary sulfonamides is 1. The molecule has 0 fully saturated rings. The Labute approximate surface area is 171 Å². The zero-order valence-corrected chi connectivity index (χ0v) is 17.4. The number of amides is 1. The molecular weight excluding hydrogens is 388 g/mol. The third kappa shape index (κ3) is 4.75. The summed E-state index contributed by atoms with van der Waals surface area (Å²) in [6, 6.07) is 12.8. The van der Waals surface area contributed by atoms with Crippen LogP contribution in [0, 0.1) is 25.2 Å². The van der Waals surface area contributed by atoms with Crippen LogP contribution in [0.4, 0.5) is 11.4 Å². The number of fused-ring (bicyclic) bond motifs is 1. The van der Waals surface area contributed by atoms with Gasteiger partial charge in [-0.15, -0.1) is 0 Å². The number of anilines is 2. The van der Waals surface area contributed by atoms with Crippen LogP contribution in [-0.4, -0.2) is 34.0 Å². The normalized spacial score (nSPS) is 13.1. The van der Waals surface area contributed by atoms with Gasteiger partial charge in [0, 0.05) is 24.5 Å². The maximum atomic E-state index is 13.2. The second-order valence-electron chi connectivity index (χ2n) is 7.31. The summed E-state index contributed by atoms with van der Waals surface area (Å²) in [5, 5.41) is 14.3. The third-order valence-corrected chi connectivity index (χ3v) is 5.88. The van der Waals surface area contributed by atoms with Gasteiger partial charge < -0.3 is 9.80 Å². The van der Waals surface area contributed by atoms with Crippen molar-refractivity contribution >= 4 is 27.3 Å². The van der Waals surface area contributed by atoms with Crippen LogP contribution in [0.3, 0.4) is 0 Å². The second kappa shape index (κ2) is 8.23. The molecule has 1 heterocycles. The maximum absolute atomic E-state index is 13.2. The van der Waals surface area contributed by atoms with E-state index in [9.17, 15) is 13.2 Å². The van der Waals surface area contributed by atoms with Crippen LogP contribution >= 0.6 is 0 Å². The molecule has 0 spiro atoms. The number of sulfonamides is 1. The number of benzene rings is 2. The Morgan fingerprint density at radius 1 is 1.21 bits per heavy atom. The van der Waals surface area contributed by atoms with Crippen molar-refractivity contribution in [2.24, 2.45) is 5.14 Å². The van der Waals surface area contributed by atoms with Gasteiger partial charge in [0.25, 0.3) is 0 Å². The quantitative estimate of drug-likeness (QED) is 0.783. The molecule has 0 bridgehead atoms. The molecule has 3 rings (SSSR count). The molecular formula is C21H24N4O3S. The van der Waals surface area contributed by atoms with E-state index >= 15 is 0 Å². The molecule has 29 heavy (non-hydrogen) atoms. The lowest BCUT2D eigenvalue weighted by atomic mass is 10.1. The van der Waals surface area contributed by atoms with Gasteiger partial charge in [-0.05, 0) is 61.2 Å². The van der Waals surface area contributed by atoms with Gasteiger partial charge in [-0.25, -0.2) is 13.6 Å². The van der Waals surface area contributed by atoms with Crippen LogP contribution in [0.15, 0.2) is 41.3 Å². The van der Waals surface area contributed by atoms with Crippen molar-refractivity contribution in [1.82, 2.24) is 0 Å². The number of nitriles is 1. The van der Waals surface area contributed by atoms with E-state index in [0.29, 0.717) is 18.8 Å². The lowest BCUT2D eigenvalue weighted by Gasteiger charge is -2.27. The number of nitrogens with zero attached hydrogens (tertiary/aromatic N) is 3. The highest BCUT2D eigenvalue weighted by Gasteiger charge is 2.26. The molecule has 0 saturated carbocycles. The molecule has 1 aliphatic rings. The van der Waals surface area contributed by atoms with Gasteiger partial charge in [-0.3, -0.25) is 4.79 Å². The molecule has 2 N–H and O–H groups in total. The van der Waals surface area contributed by atoms with Gasteiger partial charge in [-0.2, -0.15) is 5.26 Å². The van der Waals surface area contributed by atoms with E-state index < -0.39 is 10.0 Å². The molecule has 2 aromatic carbocycles. The van der Waals surface area contributed by atoms with Crippen molar-refractivity contribution in [2.75, 3.05) is 29.4 Å². The SMILES string of the molecule is Cc1cc(C)cc(N(CCC#N)C(=O)CN2CCc3ccc(S(N)(=O)=O)cc32)c1. The van der Waals surface area contributed by atoms with Crippen molar-refractivity contribution < 1.29 is 13.2 Å².